The van der Waals surface area contributed by atoms with E-state index in [-0.39, 0.29) is 6.23 Å². The van der Waals surface area contributed by atoms with Crippen LogP contribution in [-0.2, 0) is 10.3 Å². The number of halogens is 1. The first-order valence-corrected chi connectivity index (χ1v) is 7.97. The number of benzene rings is 2. The second-order valence-electron chi connectivity index (χ2n) is 5.98. The molecule has 1 aliphatic rings. The molecule has 2 atom stereocenters. The number of hydrogen-bond acceptors (Lipinski definition) is 4. The minimum atomic E-state index is -0.448. The van der Waals surface area contributed by atoms with Crippen LogP contribution in [-0.4, -0.2) is 26.4 Å². The summed E-state index contributed by atoms with van der Waals surface area (Å²) in [5.41, 5.74) is 8.64. The number of nitrogens with two attached hydrogens (primary N) is 1. The Morgan fingerprint density at radius 3 is 2.83 bits per heavy atom. The molecule has 0 aromatic heterocycles. The van der Waals surface area contributed by atoms with E-state index in [9.17, 15) is 0 Å². The van der Waals surface area contributed by atoms with Gasteiger partial charge in [-0.15, -0.1) is 0 Å². The largest absolute Gasteiger partial charge is 0.497 e. The average molecular weight is 333 g/mol. The highest BCUT2D eigenvalue weighted by atomic mass is 35.5. The zero-order valence-corrected chi connectivity index (χ0v) is 14.1. The maximum absolute atomic E-state index is 6.18. The van der Waals surface area contributed by atoms with E-state index in [1.54, 1.807) is 13.2 Å². The third-order valence-electron chi connectivity index (χ3n) is 4.13. The molecular formula is C18H21ClN2O2. The maximum Gasteiger partial charge on any atom is 0.120 e. The lowest BCUT2D eigenvalue weighted by Gasteiger charge is -2.38. The van der Waals surface area contributed by atoms with Gasteiger partial charge in [-0.2, -0.15) is 0 Å². The smallest absolute Gasteiger partial charge is 0.120 e. The minimum Gasteiger partial charge on any atom is -0.497 e. The van der Waals surface area contributed by atoms with Gasteiger partial charge >= 0.3 is 0 Å². The number of methoxy groups -OCH3 is 1. The van der Waals surface area contributed by atoms with Gasteiger partial charge in [0, 0.05) is 18.1 Å². The van der Waals surface area contributed by atoms with Crippen LogP contribution in [0.2, 0.25) is 5.02 Å². The molecular weight excluding hydrogens is 312 g/mol. The predicted octanol–water partition coefficient (Wildman–Crippen LogP) is 3.14. The fourth-order valence-corrected chi connectivity index (χ4v) is 3.14. The van der Waals surface area contributed by atoms with Gasteiger partial charge in [0.25, 0.3) is 0 Å². The van der Waals surface area contributed by atoms with Crippen LogP contribution in [0.25, 0.3) is 11.1 Å². The Morgan fingerprint density at radius 1 is 1.26 bits per heavy atom. The predicted molar refractivity (Wildman–Crippen MR) is 92.7 cm³/mol. The fraction of sp³-hybridized carbons (Fsp3) is 0.333. The Morgan fingerprint density at radius 2 is 2.09 bits per heavy atom. The molecule has 0 aliphatic carbocycles. The number of morpholine rings is 1. The number of hydrogen-bond donors (Lipinski definition) is 2. The van der Waals surface area contributed by atoms with Crippen molar-refractivity contribution in [2.45, 2.75) is 18.8 Å². The second kappa shape index (κ2) is 6.49. The van der Waals surface area contributed by atoms with Gasteiger partial charge < -0.3 is 20.5 Å². The molecule has 0 spiro atoms. The summed E-state index contributed by atoms with van der Waals surface area (Å²) < 4.78 is 11.3. The zero-order valence-electron chi connectivity index (χ0n) is 13.3. The Hall–Kier alpha value is -1.59. The fourth-order valence-electron chi connectivity index (χ4n) is 2.92. The molecule has 0 amide bonds. The summed E-state index contributed by atoms with van der Waals surface area (Å²) in [5, 5.41) is 3.97. The third kappa shape index (κ3) is 3.51. The van der Waals surface area contributed by atoms with Crippen molar-refractivity contribution in [3.63, 3.8) is 0 Å². The summed E-state index contributed by atoms with van der Waals surface area (Å²) in [4.78, 5) is 0. The summed E-state index contributed by atoms with van der Waals surface area (Å²) in [7, 11) is 1.63. The SMILES string of the molecule is COc1cc(Cl)cc(-c2cccc(C3(C)CNCC(N)O3)c2)c1. The molecule has 2 unspecified atom stereocenters. The molecule has 0 saturated carbocycles. The second-order valence-corrected chi connectivity index (χ2v) is 6.42. The molecule has 5 heteroatoms. The van der Waals surface area contributed by atoms with Crippen molar-refractivity contribution in [3.05, 3.63) is 53.1 Å². The molecule has 0 bridgehead atoms. The normalized spacial score (nSPS) is 24.4. The first-order chi connectivity index (χ1) is 11.0. The van der Waals surface area contributed by atoms with Crippen LogP contribution >= 0.6 is 11.6 Å². The lowest BCUT2D eigenvalue weighted by Crippen LogP contribution is -2.53. The summed E-state index contributed by atoms with van der Waals surface area (Å²) in [5.74, 6) is 0.738. The minimum absolute atomic E-state index is 0.302. The number of nitrogens with one attached hydrogen (secondary N) is 1. The van der Waals surface area contributed by atoms with Crippen molar-refractivity contribution in [1.29, 1.82) is 0 Å². The number of ether oxygens (including phenoxy) is 2. The van der Waals surface area contributed by atoms with Crippen LogP contribution < -0.4 is 15.8 Å². The molecule has 1 heterocycles. The van der Waals surface area contributed by atoms with Crippen molar-refractivity contribution in [2.75, 3.05) is 20.2 Å². The third-order valence-corrected chi connectivity index (χ3v) is 4.35. The molecule has 23 heavy (non-hydrogen) atoms. The van der Waals surface area contributed by atoms with E-state index in [2.05, 4.69) is 24.4 Å². The van der Waals surface area contributed by atoms with Crippen LogP contribution in [0.15, 0.2) is 42.5 Å². The van der Waals surface area contributed by atoms with E-state index < -0.39 is 5.60 Å². The Labute approximate surface area is 141 Å². The Bertz CT molecular complexity index is 707. The zero-order chi connectivity index (χ0) is 16.4. The molecule has 0 radical (unpaired) electrons. The molecule has 1 saturated heterocycles. The van der Waals surface area contributed by atoms with Crippen LogP contribution in [0, 0.1) is 0 Å². The molecule has 2 aromatic rings. The van der Waals surface area contributed by atoms with Gasteiger partial charge in [-0.3, -0.25) is 0 Å². The molecule has 1 aliphatic heterocycles. The van der Waals surface area contributed by atoms with E-state index in [4.69, 9.17) is 26.8 Å². The standard InChI is InChI=1S/C18H21ClN2O2/c1-18(11-21-10-17(20)23-18)14-5-3-4-12(6-14)13-7-15(19)9-16(8-13)22-2/h3-9,17,21H,10-11,20H2,1-2H3. The van der Waals surface area contributed by atoms with Gasteiger partial charge in [-0.25, -0.2) is 0 Å². The van der Waals surface area contributed by atoms with Crippen LogP contribution in [0.4, 0.5) is 0 Å². The van der Waals surface area contributed by atoms with Gasteiger partial charge in [0.05, 0.1) is 7.11 Å². The first-order valence-electron chi connectivity index (χ1n) is 7.60. The Balaban J connectivity index is 1.98. The average Bonchev–Trinajstić information content (AvgIpc) is 2.54. The van der Waals surface area contributed by atoms with Gasteiger partial charge in [0.2, 0.25) is 0 Å². The van der Waals surface area contributed by atoms with Crippen molar-refractivity contribution < 1.29 is 9.47 Å². The first kappa shape index (κ1) is 16.3. The molecule has 4 nitrogen and oxygen atoms in total. The maximum atomic E-state index is 6.18. The van der Waals surface area contributed by atoms with Gasteiger partial charge in [-0.05, 0) is 47.9 Å². The lowest BCUT2D eigenvalue weighted by molar-refractivity contribution is -0.107. The molecule has 1 fully saturated rings. The van der Waals surface area contributed by atoms with Crippen LogP contribution in [0.5, 0.6) is 5.75 Å². The van der Waals surface area contributed by atoms with Gasteiger partial charge in [0.15, 0.2) is 0 Å². The van der Waals surface area contributed by atoms with E-state index in [0.717, 1.165) is 29.0 Å². The van der Waals surface area contributed by atoms with Crippen molar-refractivity contribution in [3.8, 4) is 16.9 Å². The van der Waals surface area contributed by atoms with Crippen LogP contribution in [0.3, 0.4) is 0 Å². The van der Waals surface area contributed by atoms with E-state index in [1.807, 2.05) is 24.3 Å². The van der Waals surface area contributed by atoms with Crippen LogP contribution in [0.1, 0.15) is 12.5 Å². The van der Waals surface area contributed by atoms with Gasteiger partial charge in [-0.1, -0.05) is 29.8 Å². The summed E-state index contributed by atoms with van der Waals surface area (Å²) >= 11 is 6.18. The highest BCUT2D eigenvalue weighted by molar-refractivity contribution is 6.31. The Kier molecular flexibility index (Phi) is 4.60. The summed E-state index contributed by atoms with van der Waals surface area (Å²) in [6.07, 6.45) is -0.302. The summed E-state index contributed by atoms with van der Waals surface area (Å²) in [6, 6.07) is 13.9. The van der Waals surface area contributed by atoms with E-state index in [0.29, 0.717) is 11.6 Å². The number of rotatable bonds is 3. The summed E-state index contributed by atoms with van der Waals surface area (Å²) in [6.45, 7) is 3.44. The molecule has 3 rings (SSSR count). The van der Waals surface area contributed by atoms with E-state index in [1.165, 1.54) is 0 Å². The van der Waals surface area contributed by atoms with Crippen molar-refractivity contribution in [1.82, 2.24) is 5.32 Å². The monoisotopic (exact) mass is 332 g/mol. The van der Waals surface area contributed by atoms with Gasteiger partial charge in [0.1, 0.15) is 17.6 Å². The quantitative estimate of drug-likeness (QED) is 0.906. The van der Waals surface area contributed by atoms with Crippen molar-refractivity contribution in [2.24, 2.45) is 5.73 Å². The van der Waals surface area contributed by atoms with Crippen molar-refractivity contribution >= 4 is 11.6 Å². The lowest BCUT2D eigenvalue weighted by atomic mass is 9.91. The molecule has 3 N–H and O–H groups in total. The van der Waals surface area contributed by atoms with E-state index >= 15 is 0 Å². The highest BCUT2D eigenvalue weighted by Crippen LogP contribution is 2.33. The highest BCUT2D eigenvalue weighted by Gasteiger charge is 2.33. The topological polar surface area (TPSA) is 56.5 Å². The molecule has 2 aromatic carbocycles. The molecule has 122 valence electrons.